The molecule has 0 aromatic heterocycles. The highest BCUT2D eigenvalue weighted by molar-refractivity contribution is 8.15. The molecule has 0 saturated heterocycles. The number of rotatable bonds is 8. The fourth-order valence-corrected chi connectivity index (χ4v) is 2.31. The zero-order chi connectivity index (χ0) is 18.7. The van der Waals surface area contributed by atoms with Gasteiger partial charge in [0.15, 0.2) is 10.8 Å². The zero-order valence-corrected chi connectivity index (χ0v) is 15.6. The van der Waals surface area contributed by atoms with Crippen molar-refractivity contribution in [2.24, 2.45) is 15.5 Å². The maximum absolute atomic E-state index is 11.9. The number of hydrogen-bond acceptors (Lipinski definition) is 9. The van der Waals surface area contributed by atoms with Crippen molar-refractivity contribution >= 4 is 34.2 Å². The average Bonchev–Trinajstić information content (AvgIpc) is 2.64. The highest BCUT2D eigenvalue weighted by Crippen LogP contribution is 2.13. The summed E-state index contributed by atoms with van der Waals surface area (Å²) in [7, 11) is 4.10. The summed E-state index contributed by atoms with van der Waals surface area (Å²) in [5.74, 6) is -0.606. The number of ether oxygens (including phenoxy) is 1. The average molecular weight is 367 g/mol. The fourth-order valence-electron chi connectivity index (χ4n) is 1.83. The van der Waals surface area contributed by atoms with Gasteiger partial charge in [0.1, 0.15) is 26.5 Å². The van der Waals surface area contributed by atoms with Gasteiger partial charge in [-0.3, -0.25) is 0 Å². The van der Waals surface area contributed by atoms with E-state index in [1.54, 1.807) is 25.1 Å². The standard InChI is InChI=1S/C16H21N3O5S/c1-11(15(25-5)19-23-4)17-24-10-12-8-6-7-9-13(12)14(18-22-3)16(20)21-2/h6-9H,10H2,1-5H3/b17-11+,18-14-,19-15-. The van der Waals surface area contributed by atoms with Gasteiger partial charge in [-0.05, 0) is 13.2 Å². The van der Waals surface area contributed by atoms with Gasteiger partial charge >= 0.3 is 5.97 Å². The molecule has 1 aromatic carbocycles. The van der Waals surface area contributed by atoms with Gasteiger partial charge < -0.3 is 19.2 Å². The van der Waals surface area contributed by atoms with E-state index in [1.807, 2.05) is 12.3 Å². The van der Waals surface area contributed by atoms with E-state index >= 15 is 0 Å². The summed E-state index contributed by atoms with van der Waals surface area (Å²) in [5, 5.41) is 12.2. The van der Waals surface area contributed by atoms with Crippen molar-refractivity contribution in [3.8, 4) is 0 Å². The Morgan fingerprint density at radius 3 is 2.36 bits per heavy atom. The summed E-state index contributed by atoms with van der Waals surface area (Å²) in [4.78, 5) is 26.8. The van der Waals surface area contributed by atoms with Gasteiger partial charge in [0.2, 0.25) is 0 Å². The van der Waals surface area contributed by atoms with Crippen LogP contribution < -0.4 is 0 Å². The van der Waals surface area contributed by atoms with Crippen LogP contribution in [0, 0.1) is 0 Å². The molecule has 0 atom stereocenters. The van der Waals surface area contributed by atoms with Crippen LogP contribution in [0.1, 0.15) is 18.1 Å². The number of oxime groups is 3. The first kappa shape index (κ1) is 20.5. The second-order valence-corrected chi connectivity index (χ2v) is 5.30. The molecule has 0 heterocycles. The predicted octanol–water partition coefficient (Wildman–Crippen LogP) is 2.43. The van der Waals surface area contributed by atoms with Crippen molar-refractivity contribution in [2.45, 2.75) is 13.5 Å². The van der Waals surface area contributed by atoms with Crippen LogP contribution in [0.15, 0.2) is 39.7 Å². The number of nitrogens with zero attached hydrogens (tertiary/aromatic N) is 3. The Morgan fingerprint density at radius 1 is 1.08 bits per heavy atom. The Labute approximate surface area is 150 Å². The van der Waals surface area contributed by atoms with Gasteiger partial charge in [0, 0.05) is 11.1 Å². The van der Waals surface area contributed by atoms with E-state index in [4.69, 9.17) is 19.2 Å². The van der Waals surface area contributed by atoms with E-state index in [9.17, 15) is 4.79 Å². The lowest BCUT2D eigenvalue weighted by Gasteiger charge is -2.09. The number of carbonyl (C=O) groups is 1. The predicted molar refractivity (Wildman–Crippen MR) is 97.9 cm³/mol. The highest BCUT2D eigenvalue weighted by Gasteiger charge is 2.19. The van der Waals surface area contributed by atoms with Gasteiger partial charge in [0.25, 0.3) is 0 Å². The summed E-state index contributed by atoms with van der Waals surface area (Å²) in [5.41, 5.74) is 1.87. The molecule has 0 fully saturated rings. The number of benzene rings is 1. The van der Waals surface area contributed by atoms with Crippen LogP contribution in [0.3, 0.4) is 0 Å². The second kappa shape index (κ2) is 11.1. The maximum Gasteiger partial charge on any atom is 0.360 e. The molecule has 0 amide bonds. The van der Waals surface area contributed by atoms with Crippen LogP contribution in [-0.4, -0.2) is 50.0 Å². The van der Waals surface area contributed by atoms with E-state index in [-0.39, 0.29) is 12.3 Å². The lowest BCUT2D eigenvalue weighted by Crippen LogP contribution is -2.19. The SMILES string of the molecule is CO/N=C(SC)/C(C)=N/OCc1ccccc1/C(=N/OC)C(=O)OC. The van der Waals surface area contributed by atoms with Crippen molar-refractivity contribution in [2.75, 3.05) is 27.6 Å². The molecule has 0 spiro atoms. The molecule has 8 nitrogen and oxygen atoms in total. The third kappa shape index (κ3) is 6.11. The van der Waals surface area contributed by atoms with Crippen molar-refractivity contribution < 1.29 is 24.0 Å². The van der Waals surface area contributed by atoms with E-state index in [0.717, 1.165) is 0 Å². The Hall–Kier alpha value is -2.55. The van der Waals surface area contributed by atoms with Crippen LogP contribution >= 0.6 is 11.8 Å². The third-order valence-electron chi connectivity index (χ3n) is 2.93. The first-order chi connectivity index (χ1) is 12.1. The van der Waals surface area contributed by atoms with E-state index in [1.165, 1.54) is 33.1 Å². The molecule has 0 aliphatic rings. The Kier molecular flexibility index (Phi) is 9.09. The second-order valence-electron chi connectivity index (χ2n) is 4.50. The van der Waals surface area contributed by atoms with Crippen LogP contribution in [0.2, 0.25) is 0 Å². The molecule has 0 N–H and O–H groups in total. The molecule has 0 bridgehead atoms. The van der Waals surface area contributed by atoms with Crippen molar-refractivity contribution in [3.63, 3.8) is 0 Å². The van der Waals surface area contributed by atoms with Crippen LogP contribution in [-0.2, 0) is 30.7 Å². The van der Waals surface area contributed by atoms with Gasteiger partial charge in [-0.15, -0.1) is 11.8 Å². The molecular weight excluding hydrogens is 346 g/mol. The lowest BCUT2D eigenvalue weighted by molar-refractivity contribution is -0.132. The van der Waals surface area contributed by atoms with Gasteiger partial charge in [-0.2, -0.15) is 0 Å². The number of carbonyl (C=O) groups excluding carboxylic acids is 1. The molecular formula is C16H21N3O5S. The summed E-state index contributed by atoms with van der Waals surface area (Å²) < 4.78 is 4.74. The molecule has 0 unspecified atom stereocenters. The Bertz CT molecular complexity index is 673. The molecule has 1 rings (SSSR count). The minimum Gasteiger partial charge on any atom is -0.464 e. The molecule has 9 heteroatoms. The van der Waals surface area contributed by atoms with Crippen LogP contribution in [0.4, 0.5) is 0 Å². The largest absolute Gasteiger partial charge is 0.464 e. The van der Waals surface area contributed by atoms with E-state index < -0.39 is 5.97 Å². The number of hydrogen-bond donors (Lipinski definition) is 0. The van der Waals surface area contributed by atoms with Crippen molar-refractivity contribution in [1.82, 2.24) is 0 Å². The molecule has 136 valence electrons. The van der Waals surface area contributed by atoms with Crippen molar-refractivity contribution in [3.05, 3.63) is 35.4 Å². The minimum absolute atomic E-state index is 0.0515. The monoisotopic (exact) mass is 367 g/mol. The van der Waals surface area contributed by atoms with Gasteiger partial charge in [-0.1, -0.05) is 39.7 Å². The van der Waals surface area contributed by atoms with Crippen LogP contribution in [0.25, 0.3) is 0 Å². The smallest absolute Gasteiger partial charge is 0.360 e. The van der Waals surface area contributed by atoms with Crippen LogP contribution in [0.5, 0.6) is 0 Å². The maximum atomic E-state index is 11.9. The Balaban J connectivity index is 3.00. The topological polar surface area (TPSA) is 91.1 Å². The highest BCUT2D eigenvalue weighted by atomic mass is 32.2. The first-order valence-corrected chi connectivity index (χ1v) is 8.41. The zero-order valence-electron chi connectivity index (χ0n) is 14.8. The Morgan fingerprint density at radius 2 is 1.76 bits per heavy atom. The number of thioether (sulfide) groups is 1. The molecule has 0 aliphatic carbocycles. The third-order valence-corrected chi connectivity index (χ3v) is 3.69. The minimum atomic E-state index is -0.606. The van der Waals surface area contributed by atoms with Gasteiger partial charge in [-0.25, -0.2) is 4.79 Å². The van der Waals surface area contributed by atoms with Gasteiger partial charge in [0.05, 0.1) is 7.11 Å². The number of esters is 1. The lowest BCUT2D eigenvalue weighted by atomic mass is 10.0. The quantitative estimate of drug-likeness (QED) is 0.303. The molecule has 25 heavy (non-hydrogen) atoms. The fraction of sp³-hybridized carbons (Fsp3) is 0.375. The first-order valence-electron chi connectivity index (χ1n) is 7.18. The molecule has 1 aromatic rings. The summed E-state index contributed by atoms with van der Waals surface area (Å²) in [6.07, 6.45) is 1.86. The van der Waals surface area contributed by atoms with E-state index in [0.29, 0.717) is 21.9 Å². The number of methoxy groups -OCH3 is 1. The summed E-state index contributed by atoms with van der Waals surface area (Å²) in [6, 6.07) is 7.12. The summed E-state index contributed by atoms with van der Waals surface area (Å²) >= 11 is 1.39. The molecule has 0 aliphatic heterocycles. The molecule has 0 radical (unpaired) electrons. The summed E-state index contributed by atoms with van der Waals surface area (Å²) in [6.45, 7) is 1.88. The normalized spacial score (nSPS) is 12.6. The van der Waals surface area contributed by atoms with E-state index in [2.05, 4.69) is 15.5 Å². The van der Waals surface area contributed by atoms with Crippen molar-refractivity contribution in [1.29, 1.82) is 0 Å². The molecule has 0 saturated carbocycles.